The molecule has 30 heavy (non-hydrogen) atoms. The van der Waals surface area contributed by atoms with E-state index in [4.69, 9.17) is 14.2 Å². The van der Waals surface area contributed by atoms with Crippen molar-refractivity contribution in [3.8, 4) is 11.5 Å². The van der Waals surface area contributed by atoms with Crippen molar-refractivity contribution in [1.82, 2.24) is 10.6 Å². The molecule has 1 fully saturated rings. The molecule has 2 heterocycles. The first kappa shape index (κ1) is 20.7. The van der Waals surface area contributed by atoms with Crippen LogP contribution >= 0.6 is 0 Å². The molecule has 6 heteroatoms. The number of aryl methyl sites for hydroxylation is 1. The number of rotatable bonds is 7. The molecule has 0 unspecified atom stereocenters. The van der Waals surface area contributed by atoms with Gasteiger partial charge in [0.05, 0.1) is 6.04 Å². The first-order valence-corrected chi connectivity index (χ1v) is 10.6. The summed E-state index contributed by atoms with van der Waals surface area (Å²) in [7, 11) is 0. The number of nitrogens with one attached hydrogen (secondary N) is 2. The zero-order valence-electron chi connectivity index (χ0n) is 17.7. The Kier molecular flexibility index (Phi) is 6.25. The highest BCUT2D eigenvalue weighted by Gasteiger charge is 2.36. The van der Waals surface area contributed by atoms with Crippen molar-refractivity contribution in [3.05, 3.63) is 59.2 Å². The molecule has 2 aromatic rings. The molecule has 2 aromatic carbocycles. The molecule has 1 atom stereocenters. The third-order valence-corrected chi connectivity index (χ3v) is 6.29. The Morgan fingerprint density at radius 2 is 1.87 bits per heavy atom. The van der Waals surface area contributed by atoms with E-state index in [-0.39, 0.29) is 24.2 Å². The summed E-state index contributed by atoms with van der Waals surface area (Å²) in [6.07, 6.45) is 1.80. The van der Waals surface area contributed by atoms with Crippen LogP contribution in [-0.4, -0.2) is 38.5 Å². The number of fused-ring (bicyclic) bond motifs is 1. The zero-order chi connectivity index (χ0) is 21.0. The maximum atomic E-state index is 12.7. The molecule has 0 saturated carbocycles. The van der Waals surface area contributed by atoms with Crippen LogP contribution in [-0.2, 0) is 21.5 Å². The molecule has 0 radical (unpaired) electrons. The quantitative estimate of drug-likeness (QED) is 0.734. The maximum Gasteiger partial charge on any atom is 0.237 e. The number of hydrogen-bond donors (Lipinski definition) is 2. The Hall–Kier alpha value is -2.57. The summed E-state index contributed by atoms with van der Waals surface area (Å²) in [5.41, 5.74) is 3.43. The number of benzene rings is 2. The highest BCUT2D eigenvalue weighted by molar-refractivity contribution is 5.81. The normalized spacial score (nSPS) is 18.1. The minimum absolute atomic E-state index is 0.00569. The van der Waals surface area contributed by atoms with Gasteiger partial charge in [-0.15, -0.1) is 0 Å². The van der Waals surface area contributed by atoms with E-state index in [2.05, 4.69) is 35.8 Å². The van der Waals surface area contributed by atoms with Crippen molar-refractivity contribution in [2.45, 2.75) is 44.7 Å². The molecule has 4 rings (SSSR count). The van der Waals surface area contributed by atoms with Crippen LogP contribution < -0.4 is 20.1 Å². The van der Waals surface area contributed by atoms with Crippen LogP contribution in [0.15, 0.2) is 42.5 Å². The van der Waals surface area contributed by atoms with Gasteiger partial charge in [0, 0.05) is 31.7 Å². The van der Waals surface area contributed by atoms with Gasteiger partial charge in [-0.1, -0.05) is 30.3 Å². The highest BCUT2D eigenvalue weighted by atomic mass is 16.7. The monoisotopic (exact) mass is 410 g/mol. The van der Waals surface area contributed by atoms with E-state index in [0.717, 1.165) is 29.9 Å². The van der Waals surface area contributed by atoms with E-state index in [9.17, 15) is 4.79 Å². The van der Waals surface area contributed by atoms with Crippen LogP contribution in [0.2, 0.25) is 0 Å². The Morgan fingerprint density at radius 3 is 2.67 bits per heavy atom. The van der Waals surface area contributed by atoms with Crippen LogP contribution in [0.5, 0.6) is 11.5 Å². The molecule has 2 aliphatic heterocycles. The lowest BCUT2D eigenvalue weighted by molar-refractivity contribution is -0.123. The molecular formula is C24H30N2O4. The van der Waals surface area contributed by atoms with Crippen molar-refractivity contribution in [1.29, 1.82) is 0 Å². The molecule has 2 N–H and O–H groups in total. The van der Waals surface area contributed by atoms with E-state index >= 15 is 0 Å². The van der Waals surface area contributed by atoms with E-state index in [1.165, 1.54) is 11.1 Å². The molecule has 1 amide bonds. The average Bonchev–Trinajstić information content (AvgIpc) is 3.25. The summed E-state index contributed by atoms with van der Waals surface area (Å²) in [5.74, 6) is 1.59. The average molecular weight is 411 g/mol. The predicted molar refractivity (Wildman–Crippen MR) is 115 cm³/mol. The third kappa shape index (κ3) is 4.45. The molecule has 0 spiro atoms. The van der Waals surface area contributed by atoms with Crippen molar-refractivity contribution in [3.63, 3.8) is 0 Å². The van der Waals surface area contributed by atoms with Gasteiger partial charge in [0.2, 0.25) is 12.7 Å². The number of ether oxygens (including phenoxy) is 3. The molecule has 160 valence electrons. The van der Waals surface area contributed by atoms with Crippen LogP contribution in [0.25, 0.3) is 0 Å². The minimum Gasteiger partial charge on any atom is -0.454 e. The Bertz CT molecular complexity index is 893. The zero-order valence-corrected chi connectivity index (χ0v) is 17.7. The van der Waals surface area contributed by atoms with Gasteiger partial charge in [0.25, 0.3) is 0 Å². The van der Waals surface area contributed by atoms with E-state index < -0.39 is 0 Å². The van der Waals surface area contributed by atoms with Gasteiger partial charge in [-0.2, -0.15) is 0 Å². The summed E-state index contributed by atoms with van der Waals surface area (Å²) in [4.78, 5) is 12.7. The van der Waals surface area contributed by atoms with E-state index in [0.29, 0.717) is 26.3 Å². The van der Waals surface area contributed by atoms with Crippen molar-refractivity contribution in [2.75, 3.05) is 26.6 Å². The summed E-state index contributed by atoms with van der Waals surface area (Å²) < 4.78 is 16.7. The summed E-state index contributed by atoms with van der Waals surface area (Å²) in [6.45, 7) is 6.91. The lowest BCUT2D eigenvalue weighted by Gasteiger charge is -2.38. The van der Waals surface area contributed by atoms with E-state index in [1.807, 2.05) is 31.2 Å². The van der Waals surface area contributed by atoms with Crippen molar-refractivity contribution < 1.29 is 19.0 Å². The van der Waals surface area contributed by atoms with Gasteiger partial charge in [0.1, 0.15) is 0 Å². The van der Waals surface area contributed by atoms with Gasteiger partial charge in [0.15, 0.2) is 11.5 Å². The topological polar surface area (TPSA) is 68.8 Å². The lowest BCUT2D eigenvalue weighted by Crippen LogP contribution is -2.49. The smallest absolute Gasteiger partial charge is 0.237 e. The van der Waals surface area contributed by atoms with Crippen molar-refractivity contribution in [2.24, 2.45) is 0 Å². The fourth-order valence-corrected chi connectivity index (χ4v) is 4.14. The molecule has 0 bridgehead atoms. The van der Waals surface area contributed by atoms with Gasteiger partial charge in [-0.05, 0) is 55.5 Å². The number of amides is 1. The van der Waals surface area contributed by atoms with Gasteiger partial charge in [-0.3, -0.25) is 4.79 Å². The molecule has 2 aliphatic rings. The molecule has 6 nitrogen and oxygen atoms in total. The second kappa shape index (κ2) is 9.06. The fourth-order valence-electron chi connectivity index (χ4n) is 4.14. The summed E-state index contributed by atoms with van der Waals surface area (Å²) in [6, 6.07) is 14.0. The van der Waals surface area contributed by atoms with Gasteiger partial charge < -0.3 is 24.8 Å². The lowest BCUT2D eigenvalue weighted by atomic mass is 9.74. The van der Waals surface area contributed by atoms with Gasteiger partial charge in [-0.25, -0.2) is 0 Å². The number of carbonyl (C=O) groups excluding carboxylic acids is 1. The van der Waals surface area contributed by atoms with Crippen LogP contribution in [0.3, 0.4) is 0 Å². The SMILES string of the molecule is Cc1ccccc1CNC(=O)[C@H](C)NCC1(c2ccc3c(c2)OCO3)CCOCC1. The molecule has 0 aliphatic carbocycles. The second-order valence-electron chi connectivity index (χ2n) is 8.21. The first-order valence-electron chi connectivity index (χ1n) is 10.6. The van der Waals surface area contributed by atoms with Crippen LogP contribution in [0.1, 0.15) is 36.5 Å². The van der Waals surface area contributed by atoms with E-state index in [1.54, 1.807) is 0 Å². The fraction of sp³-hybridized carbons (Fsp3) is 0.458. The van der Waals surface area contributed by atoms with Gasteiger partial charge >= 0.3 is 0 Å². The largest absolute Gasteiger partial charge is 0.454 e. The minimum atomic E-state index is -0.289. The number of carbonyl (C=O) groups is 1. The van der Waals surface area contributed by atoms with Crippen LogP contribution in [0.4, 0.5) is 0 Å². The third-order valence-electron chi connectivity index (χ3n) is 6.29. The summed E-state index contributed by atoms with van der Waals surface area (Å²) in [5, 5.41) is 6.52. The second-order valence-corrected chi connectivity index (χ2v) is 8.21. The molecule has 1 saturated heterocycles. The Labute approximate surface area is 177 Å². The molecule has 0 aromatic heterocycles. The van der Waals surface area contributed by atoms with Crippen molar-refractivity contribution >= 4 is 5.91 Å². The standard InChI is InChI=1S/C24H30N2O4/c1-17-5-3-4-6-19(17)14-25-23(27)18(2)26-15-24(9-11-28-12-10-24)20-7-8-21-22(13-20)30-16-29-21/h3-8,13,18,26H,9-12,14-16H2,1-2H3,(H,25,27)/t18-/m0/s1. The predicted octanol–water partition coefficient (Wildman–Crippen LogP) is 3.07. The first-order chi connectivity index (χ1) is 14.6. The molecular weight excluding hydrogens is 380 g/mol. The highest BCUT2D eigenvalue weighted by Crippen LogP contribution is 2.40. The Balaban J connectivity index is 1.40. The summed E-state index contributed by atoms with van der Waals surface area (Å²) >= 11 is 0. The maximum absolute atomic E-state index is 12.7. The van der Waals surface area contributed by atoms with Crippen LogP contribution in [0, 0.1) is 6.92 Å². The Morgan fingerprint density at radius 1 is 1.10 bits per heavy atom. The number of hydrogen-bond acceptors (Lipinski definition) is 5.